The van der Waals surface area contributed by atoms with Gasteiger partial charge in [-0.3, -0.25) is 4.79 Å². The van der Waals surface area contributed by atoms with Crippen molar-refractivity contribution >= 4 is 5.78 Å². The van der Waals surface area contributed by atoms with E-state index in [-0.39, 0.29) is 5.41 Å². The van der Waals surface area contributed by atoms with E-state index in [0.29, 0.717) is 17.6 Å². The Balaban J connectivity index is 4.40. The number of carbonyl (C=O) groups excluding carboxylic acids is 1. The summed E-state index contributed by atoms with van der Waals surface area (Å²) in [5.74, 6) is 0.361. The summed E-state index contributed by atoms with van der Waals surface area (Å²) in [6.45, 7) is 17.1. The lowest BCUT2D eigenvalue weighted by Gasteiger charge is -2.21. The Morgan fingerprint density at radius 2 is 1.29 bits per heavy atom. The molecule has 0 bridgehead atoms. The molecule has 0 N–H and O–H groups in total. The Bertz CT molecular complexity index is 294. The molecular formula is C16H30O. The van der Waals surface area contributed by atoms with Crippen molar-refractivity contribution in [3.05, 3.63) is 11.1 Å². The number of rotatable bonds is 4. The third-order valence-corrected chi connectivity index (χ3v) is 3.09. The number of carbonyl (C=O) groups is 1. The molecule has 0 fully saturated rings. The van der Waals surface area contributed by atoms with Gasteiger partial charge in [-0.15, -0.1) is 0 Å². The molecule has 0 aromatic heterocycles. The standard InChI is InChI=1S/C16H30O/c1-12(13(2)11-15(3,4)5)9-10-14(17)16(6,7)8/h9-11H2,1-8H3/b13-12-. The summed E-state index contributed by atoms with van der Waals surface area (Å²) in [5.41, 5.74) is 2.97. The topological polar surface area (TPSA) is 17.1 Å². The molecule has 0 saturated carbocycles. The fourth-order valence-electron chi connectivity index (χ4n) is 1.84. The monoisotopic (exact) mass is 238 g/mol. The van der Waals surface area contributed by atoms with E-state index in [1.807, 2.05) is 20.8 Å². The van der Waals surface area contributed by atoms with Crippen LogP contribution in [0.25, 0.3) is 0 Å². The van der Waals surface area contributed by atoms with Crippen LogP contribution in [0.1, 0.15) is 74.7 Å². The van der Waals surface area contributed by atoms with Crippen LogP contribution in [0.5, 0.6) is 0 Å². The molecule has 0 saturated heterocycles. The van der Waals surface area contributed by atoms with Gasteiger partial charge < -0.3 is 0 Å². The molecule has 0 heterocycles. The predicted molar refractivity (Wildman–Crippen MR) is 76.1 cm³/mol. The first-order valence-electron chi connectivity index (χ1n) is 6.62. The molecule has 0 aliphatic carbocycles. The average Bonchev–Trinajstić information content (AvgIpc) is 2.08. The van der Waals surface area contributed by atoms with Crippen molar-refractivity contribution in [3.63, 3.8) is 0 Å². The van der Waals surface area contributed by atoms with Crippen LogP contribution in [0.15, 0.2) is 11.1 Å². The Hall–Kier alpha value is -0.590. The lowest BCUT2D eigenvalue weighted by atomic mass is 9.84. The van der Waals surface area contributed by atoms with E-state index in [9.17, 15) is 4.79 Å². The maximum atomic E-state index is 11.9. The van der Waals surface area contributed by atoms with Crippen molar-refractivity contribution in [1.82, 2.24) is 0 Å². The van der Waals surface area contributed by atoms with Gasteiger partial charge in [-0.05, 0) is 32.1 Å². The maximum absolute atomic E-state index is 11.9. The molecule has 0 rings (SSSR count). The zero-order valence-electron chi connectivity index (χ0n) is 13.0. The van der Waals surface area contributed by atoms with Crippen LogP contribution in [0, 0.1) is 10.8 Å². The molecule has 1 nitrogen and oxygen atoms in total. The minimum absolute atomic E-state index is 0.196. The molecule has 0 aliphatic rings. The molecule has 1 heteroatoms. The van der Waals surface area contributed by atoms with Gasteiger partial charge in [0.15, 0.2) is 0 Å². The van der Waals surface area contributed by atoms with Gasteiger partial charge >= 0.3 is 0 Å². The van der Waals surface area contributed by atoms with Gasteiger partial charge in [0.05, 0.1) is 0 Å². The van der Waals surface area contributed by atoms with Crippen molar-refractivity contribution in [3.8, 4) is 0 Å². The molecule has 0 aromatic rings. The van der Waals surface area contributed by atoms with Gasteiger partial charge in [-0.1, -0.05) is 52.7 Å². The number of ketones is 1. The van der Waals surface area contributed by atoms with Gasteiger partial charge in [0, 0.05) is 11.8 Å². The molecule has 100 valence electrons. The van der Waals surface area contributed by atoms with Crippen LogP contribution in [-0.4, -0.2) is 5.78 Å². The van der Waals surface area contributed by atoms with Gasteiger partial charge in [-0.2, -0.15) is 0 Å². The summed E-state index contributed by atoms with van der Waals surface area (Å²) < 4.78 is 0. The predicted octanol–water partition coefficient (Wildman–Crippen LogP) is 5.15. The Morgan fingerprint density at radius 3 is 1.65 bits per heavy atom. The summed E-state index contributed by atoms with van der Waals surface area (Å²) in [6, 6.07) is 0. The Morgan fingerprint density at radius 1 is 0.824 bits per heavy atom. The van der Waals surface area contributed by atoms with E-state index >= 15 is 0 Å². The summed E-state index contributed by atoms with van der Waals surface area (Å²) in [5, 5.41) is 0. The first kappa shape index (κ1) is 16.4. The van der Waals surface area contributed by atoms with Crippen molar-refractivity contribution < 1.29 is 4.79 Å². The smallest absolute Gasteiger partial charge is 0.138 e. The van der Waals surface area contributed by atoms with Crippen LogP contribution in [0.2, 0.25) is 0 Å². The SMILES string of the molecule is C/C(CCC(=O)C(C)(C)C)=C(\C)CC(C)(C)C. The third-order valence-electron chi connectivity index (χ3n) is 3.09. The van der Waals surface area contributed by atoms with Crippen molar-refractivity contribution in [2.45, 2.75) is 74.7 Å². The molecule has 0 aliphatic heterocycles. The largest absolute Gasteiger partial charge is 0.299 e. The quantitative estimate of drug-likeness (QED) is 0.619. The fourth-order valence-corrected chi connectivity index (χ4v) is 1.84. The van der Waals surface area contributed by atoms with E-state index < -0.39 is 0 Å². The first-order valence-corrected chi connectivity index (χ1v) is 6.62. The molecule has 17 heavy (non-hydrogen) atoms. The second-order valence-electron chi connectivity index (χ2n) is 7.47. The second kappa shape index (κ2) is 5.84. The highest BCUT2D eigenvalue weighted by atomic mass is 16.1. The van der Waals surface area contributed by atoms with Gasteiger partial charge in [0.2, 0.25) is 0 Å². The lowest BCUT2D eigenvalue weighted by molar-refractivity contribution is -0.126. The molecule has 0 aromatic carbocycles. The zero-order valence-corrected chi connectivity index (χ0v) is 13.0. The lowest BCUT2D eigenvalue weighted by Crippen LogP contribution is -2.19. The normalized spacial score (nSPS) is 14.6. The molecular weight excluding hydrogens is 208 g/mol. The van der Waals surface area contributed by atoms with E-state index in [4.69, 9.17) is 0 Å². The second-order valence-corrected chi connectivity index (χ2v) is 7.47. The highest BCUT2D eigenvalue weighted by Crippen LogP contribution is 2.27. The summed E-state index contributed by atoms with van der Waals surface area (Å²) in [7, 11) is 0. The Kier molecular flexibility index (Phi) is 5.64. The van der Waals surface area contributed by atoms with Gasteiger partial charge in [0.25, 0.3) is 0 Å². The van der Waals surface area contributed by atoms with Crippen LogP contribution in [0.4, 0.5) is 0 Å². The first-order chi connectivity index (χ1) is 7.43. The molecule has 0 radical (unpaired) electrons. The number of allylic oxidation sites excluding steroid dienone is 2. The maximum Gasteiger partial charge on any atom is 0.138 e. The third kappa shape index (κ3) is 7.36. The Labute approximate surface area is 108 Å². The van der Waals surface area contributed by atoms with E-state index in [2.05, 4.69) is 34.6 Å². The van der Waals surface area contributed by atoms with Crippen LogP contribution in [0.3, 0.4) is 0 Å². The van der Waals surface area contributed by atoms with Crippen LogP contribution in [-0.2, 0) is 4.79 Å². The van der Waals surface area contributed by atoms with E-state index in [1.54, 1.807) is 0 Å². The van der Waals surface area contributed by atoms with Crippen molar-refractivity contribution in [1.29, 1.82) is 0 Å². The molecule has 0 unspecified atom stereocenters. The summed E-state index contributed by atoms with van der Waals surface area (Å²) in [4.78, 5) is 11.9. The molecule has 0 amide bonds. The number of Topliss-reactive ketones (excluding diaryl/α,β-unsaturated/α-hetero) is 1. The minimum Gasteiger partial charge on any atom is -0.299 e. The van der Waals surface area contributed by atoms with Gasteiger partial charge in [0.1, 0.15) is 5.78 Å². The van der Waals surface area contributed by atoms with E-state index in [1.165, 1.54) is 11.1 Å². The fraction of sp³-hybridized carbons (Fsp3) is 0.812. The number of hydrogen-bond acceptors (Lipinski definition) is 1. The van der Waals surface area contributed by atoms with Crippen LogP contribution < -0.4 is 0 Å². The number of hydrogen-bond donors (Lipinski definition) is 0. The summed E-state index contributed by atoms with van der Waals surface area (Å²) >= 11 is 0. The highest BCUT2D eigenvalue weighted by Gasteiger charge is 2.20. The summed E-state index contributed by atoms with van der Waals surface area (Å²) in [6.07, 6.45) is 2.71. The minimum atomic E-state index is -0.196. The highest BCUT2D eigenvalue weighted by molar-refractivity contribution is 5.83. The molecule has 0 atom stereocenters. The average molecular weight is 238 g/mol. The van der Waals surface area contributed by atoms with Crippen molar-refractivity contribution in [2.24, 2.45) is 10.8 Å². The van der Waals surface area contributed by atoms with E-state index in [0.717, 1.165) is 12.8 Å². The zero-order chi connectivity index (χ0) is 13.9. The van der Waals surface area contributed by atoms with Gasteiger partial charge in [-0.25, -0.2) is 0 Å². The van der Waals surface area contributed by atoms with Crippen LogP contribution >= 0.6 is 0 Å². The molecule has 0 spiro atoms. The van der Waals surface area contributed by atoms with Crippen molar-refractivity contribution in [2.75, 3.05) is 0 Å².